The standard InChI is InChI=1S/C10H12ClNO3S/c1-8-5-3-4-6-9(8)12(7-10(11)13)16(2,14)15/h3-6H,7H2,1-2H3. The van der Waals surface area contributed by atoms with Gasteiger partial charge in [0, 0.05) is 0 Å². The molecule has 0 heterocycles. The first-order valence-electron chi connectivity index (χ1n) is 4.54. The van der Waals surface area contributed by atoms with E-state index in [4.69, 9.17) is 11.6 Å². The Bertz CT molecular complexity index is 499. The minimum Gasteiger partial charge on any atom is -0.279 e. The van der Waals surface area contributed by atoms with E-state index >= 15 is 0 Å². The normalized spacial score (nSPS) is 11.2. The van der Waals surface area contributed by atoms with Crippen molar-refractivity contribution >= 4 is 32.6 Å². The smallest absolute Gasteiger partial charge is 0.242 e. The average molecular weight is 262 g/mol. The van der Waals surface area contributed by atoms with Crippen molar-refractivity contribution in [2.75, 3.05) is 17.1 Å². The number of hydrogen-bond donors (Lipinski definition) is 0. The topological polar surface area (TPSA) is 54.5 Å². The summed E-state index contributed by atoms with van der Waals surface area (Å²) in [6.07, 6.45) is 1.04. The van der Waals surface area contributed by atoms with Gasteiger partial charge in [-0.05, 0) is 30.2 Å². The van der Waals surface area contributed by atoms with Crippen molar-refractivity contribution in [1.82, 2.24) is 0 Å². The minimum atomic E-state index is -3.51. The summed E-state index contributed by atoms with van der Waals surface area (Å²) < 4.78 is 24.1. The van der Waals surface area contributed by atoms with Crippen LogP contribution in [0, 0.1) is 6.92 Å². The molecular formula is C10H12ClNO3S. The van der Waals surface area contributed by atoms with Gasteiger partial charge in [0.15, 0.2) is 0 Å². The van der Waals surface area contributed by atoms with Gasteiger partial charge in [-0.25, -0.2) is 8.42 Å². The fraction of sp³-hybridized carbons (Fsp3) is 0.300. The Hall–Kier alpha value is -1.07. The molecule has 0 bridgehead atoms. The molecule has 0 aliphatic heterocycles. The fourth-order valence-electron chi connectivity index (χ4n) is 1.34. The van der Waals surface area contributed by atoms with Crippen LogP contribution in [0.2, 0.25) is 0 Å². The summed E-state index contributed by atoms with van der Waals surface area (Å²) in [6, 6.07) is 6.91. The highest BCUT2D eigenvalue weighted by Gasteiger charge is 2.20. The molecule has 1 aromatic carbocycles. The Labute approximate surface area is 99.9 Å². The zero-order valence-corrected chi connectivity index (χ0v) is 10.5. The van der Waals surface area contributed by atoms with Gasteiger partial charge in [-0.1, -0.05) is 18.2 Å². The molecule has 0 fully saturated rings. The third-order valence-electron chi connectivity index (χ3n) is 2.05. The van der Waals surface area contributed by atoms with E-state index in [0.717, 1.165) is 16.1 Å². The molecule has 0 aromatic heterocycles. The third-order valence-corrected chi connectivity index (χ3v) is 3.30. The van der Waals surface area contributed by atoms with Crippen LogP contribution in [0.3, 0.4) is 0 Å². The van der Waals surface area contributed by atoms with Crippen LogP contribution in [0.1, 0.15) is 5.56 Å². The van der Waals surface area contributed by atoms with Gasteiger partial charge in [0.05, 0.1) is 11.9 Å². The Morgan fingerprint density at radius 2 is 1.94 bits per heavy atom. The first kappa shape index (κ1) is 13.0. The van der Waals surface area contributed by atoms with E-state index in [-0.39, 0.29) is 6.54 Å². The number of rotatable bonds is 4. The number of carbonyl (C=O) groups is 1. The number of para-hydroxylation sites is 1. The monoisotopic (exact) mass is 261 g/mol. The lowest BCUT2D eigenvalue weighted by Crippen LogP contribution is -2.34. The number of aryl methyl sites for hydroxylation is 1. The second-order valence-corrected chi connectivity index (χ2v) is 5.74. The average Bonchev–Trinajstić information content (AvgIpc) is 2.13. The Kier molecular flexibility index (Phi) is 3.93. The number of halogens is 1. The summed E-state index contributed by atoms with van der Waals surface area (Å²) in [5.41, 5.74) is 1.24. The van der Waals surface area contributed by atoms with Crippen molar-refractivity contribution in [3.05, 3.63) is 29.8 Å². The van der Waals surface area contributed by atoms with Gasteiger partial charge < -0.3 is 0 Å². The number of nitrogens with zero attached hydrogens (tertiary/aromatic N) is 1. The molecule has 6 heteroatoms. The molecule has 88 valence electrons. The third kappa shape index (κ3) is 3.21. The number of benzene rings is 1. The summed E-state index contributed by atoms with van der Waals surface area (Å²) in [5, 5.41) is -0.714. The summed E-state index contributed by atoms with van der Waals surface area (Å²) >= 11 is 5.24. The van der Waals surface area contributed by atoms with E-state index in [1.807, 2.05) is 0 Å². The predicted octanol–water partition coefficient (Wildman–Crippen LogP) is 1.53. The quantitative estimate of drug-likeness (QED) is 0.773. The highest BCUT2D eigenvalue weighted by molar-refractivity contribution is 7.92. The number of sulfonamides is 1. The molecule has 0 N–H and O–H groups in total. The molecule has 0 saturated heterocycles. The van der Waals surface area contributed by atoms with Gasteiger partial charge in [0.25, 0.3) is 0 Å². The van der Waals surface area contributed by atoms with Crippen LogP contribution in [0.25, 0.3) is 0 Å². The van der Waals surface area contributed by atoms with Gasteiger partial charge >= 0.3 is 0 Å². The largest absolute Gasteiger partial charge is 0.279 e. The van der Waals surface area contributed by atoms with E-state index in [2.05, 4.69) is 0 Å². The van der Waals surface area contributed by atoms with Crippen molar-refractivity contribution in [1.29, 1.82) is 0 Å². The molecule has 0 radical (unpaired) electrons. The minimum absolute atomic E-state index is 0.356. The van der Waals surface area contributed by atoms with Crippen LogP contribution in [-0.2, 0) is 14.8 Å². The molecule has 0 aliphatic carbocycles. The van der Waals surface area contributed by atoms with Crippen molar-refractivity contribution < 1.29 is 13.2 Å². The lowest BCUT2D eigenvalue weighted by Gasteiger charge is -2.22. The molecule has 0 aliphatic rings. The number of anilines is 1. The van der Waals surface area contributed by atoms with Crippen molar-refractivity contribution in [3.8, 4) is 0 Å². The molecule has 16 heavy (non-hydrogen) atoms. The molecule has 4 nitrogen and oxygen atoms in total. The highest BCUT2D eigenvalue weighted by atomic mass is 35.5. The maximum Gasteiger partial charge on any atom is 0.242 e. The summed E-state index contributed by atoms with van der Waals surface area (Å²) in [5.74, 6) is 0. The summed E-state index contributed by atoms with van der Waals surface area (Å²) in [7, 11) is -3.51. The Balaban J connectivity index is 3.22. The SMILES string of the molecule is Cc1ccccc1N(CC(=O)Cl)S(C)(=O)=O. The van der Waals surface area contributed by atoms with Crippen LogP contribution in [-0.4, -0.2) is 26.5 Å². The molecule has 0 spiro atoms. The van der Waals surface area contributed by atoms with Gasteiger partial charge in [-0.15, -0.1) is 0 Å². The van der Waals surface area contributed by atoms with Crippen LogP contribution in [0.15, 0.2) is 24.3 Å². The van der Waals surface area contributed by atoms with Gasteiger partial charge in [0.1, 0.15) is 6.54 Å². The van der Waals surface area contributed by atoms with Crippen LogP contribution in [0.4, 0.5) is 5.69 Å². The van der Waals surface area contributed by atoms with Crippen LogP contribution in [0.5, 0.6) is 0 Å². The lowest BCUT2D eigenvalue weighted by atomic mass is 10.2. The Morgan fingerprint density at radius 1 is 1.38 bits per heavy atom. The van der Waals surface area contributed by atoms with E-state index in [1.54, 1.807) is 31.2 Å². The molecular weight excluding hydrogens is 250 g/mol. The van der Waals surface area contributed by atoms with Gasteiger partial charge in [-0.3, -0.25) is 9.10 Å². The molecule has 0 saturated carbocycles. The fourth-order valence-corrected chi connectivity index (χ4v) is 2.44. The Morgan fingerprint density at radius 3 is 2.38 bits per heavy atom. The summed E-state index contributed by atoms with van der Waals surface area (Å²) in [4.78, 5) is 10.8. The maximum absolute atomic E-state index is 11.5. The predicted molar refractivity (Wildman–Crippen MR) is 64.2 cm³/mol. The van der Waals surface area contributed by atoms with E-state index in [1.165, 1.54) is 0 Å². The molecule has 0 unspecified atom stereocenters. The zero-order chi connectivity index (χ0) is 12.3. The number of hydrogen-bond acceptors (Lipinski definition) is 3. The van der Waals surface area contributed by atoms with E-state index in [0.29, 0.717) is 5.69 Å². The maximum atomic E-state index is 11.5. The number of carbonyl (C=O) groups excluding carboxylic acids is 1. The van der Waals surface area contributed by atoms with Gasteiger partial charge in [0.2, 0.25) is 15.3 Å². The van der Waals surface area contributed by atoms with Gasteiger partial charge in [-0.2, -0.15) is 0 Å². The lowest BCUT2D eigenvalue weighted by molar-refractivity contribution is -0.110. The zero-order valence-electron chi connectivity index (χ0n) is 8.97. The second-order valence-electron chi connectivity index (χ2n) is 3.41. The highest BCUT2D eigenvalue weighted by Crippen LogP contribution is 2.21. The van der Waals surface area contributed by atoms with E-state index < -0.39 is 15.3 Å². The van der Waals surface area contributed by atoms with E-state index in [9.17, 15) is 13.2 Å². The second kappa shape index (κ2) is 4.84. The molecule has 1 aromatic rings. The first-order valence-corrected chi connectivity index (χ1v) is 6.76. The molecule has 0 atom stereocenters. The van der Waals surface area contributed by atoms with Crippen LogP contribution < -0.4 is 4.31 Å². The molecule has 0 amide bonds. The van der Waals surface area contributed by atoms with Crippen molar-refractivity contribution in [2.24, 2.45) is 0 Å². The van der Waals surface area contributed by atoms with Crippen molar-refractivity contribution in [2.45, 2.75) is 6.92 Å². The van der Waals surface area contributed by atoms with Crippen LogP contribution >= 0.6 is 11.6 Å². The van der Waals surface area contributed by atoms with Crippen molar-refractivity contribution in [3.63, 3.8) is 0 Å². The summed E-state index contributed by atoms with van der Waals surface area (Å²) in [6.45, 7) is 1.41. The molecule has 1 rings (SSSR count). The first-order chi connectivity index (χ1) is 7.32.